The highest BCUT2D eigenvalue weighted by Gasteiger charge is 2.30. The maximum atomic E-state index is 12.7. The van der Waals surface area contributed by atoms with Gasteiger partial charge < -0.3 is 9.51 Å². The fourth-order valence-electron chi connectivity index (χ4n) is 2.03. The zero-order valence-electron chi connectivity index (χ0n) is 10.7. The second-order valence-corrected chi connectivity index (χ2v) is 4.51. The van der Waals surface area contributed by atoms with Crippen LogP contribution in [0.4, 0.5) is 13.2 Å². The molecule has 0 amide bonds. The smallest absolute Gasteiger partial charge is 0.390 e. The first-order valence-corrected chi connectivity index (χ1v) is 6.09. The molecule has 2 aromatic heterocycles. The Labute approximate surface area is 117 Å². The van der Waals surface area contributed by atoms with Gasteiger partial charge in [-0.05, 0) is 12.1 Å². The molecule has 1 N–H and O–H groups in total. The lowest BCUT2D eigenvalue weighted by Crippen LogP contribution is -2.04. The molecule has 0 saturated heterocycles. The number of imidazole rings is 1. The van der Waals surface area contributed by atoms with Gasteiger partial charge in [-0.2, -0.15) is 13.2 Å². The van der Waals surface area contributed by atoms with Gasteiger partial charge in [-0.15, -0.1) is 0 Å². The lowest BCUT2D eigenvalue weighted by atomic mass is 10.1. The second-order valence-electron chi connectivity index (χ2n) is 4.51. The molecule has 0 aliphatic rings. The Morgan fingerprint density at radius 1 is 1.19 bits per heavy atom. The first-order chi connectivity index (χ1) is 9.97. The summed E-state index contributed by atoms with van der Waals surface area (Å²) in [5, 5.41) is 9.03. The van der Waals surface area contributed by atoms with Crippen LogP contribution in [0.1, 0.15) is 11.3 Å². The third-order valence-electron chi connectivity index (χ3n) is 3.04. The molecule has 0 spiro atoms. The van der Waals surface area contributed by atoms with Crippen molar-refractivity contribution in [3.05, 3.63) is 54.1 Å². The summed E-state index contributed by atoms with van der Waals surface area (Å²) in [6.07, 6.45) is 0.249. The van der Waals surface area contributed by atoms with Gasteiger partial charge in [-0.1, -0.05) is 12.1 Å². The van der Waals surface area contributed by atoms with Gasteiger partial charge in [0.1, 0.15) is 0 Å². The summed E-state index contributed by atoms with van der Waals surface area (Å²) in [6, 6.07) is 4.98. The van der Waals surface area contributed by atoms with Gasteiger partial charge in [0.25, 0.3) is 0 Å². The maximum Gasteiger partial charge on any atom is 0.416 e. The van der Waals surface area contributed by atoms with Crippen LogP contribution in [-0.4, -0.2) is 19.5 Å². The number of benzene rings is 1. The molecule has 3 rings (SSSR count). The van der Waals surface area contributed by atoms with Crippen LogP contribution in [-0.2, 0) is 12.8 Å². The number of aromatic nitrogens is 3. The summed E-state index contributed by atoms with van der Waals surface area (Å²) >= 11 is 0. The van der Waals surface area contributed by atoms with Crippen molar-refractivity contribution in [1.82, 2.24) is 14.4 Å². The van der Waals surface area contributed by atoms with Crippen LogP contribution in [0, 0.1) is 0 Å². The Morgan fingerprint density at radius 2 is 2.00 bits per heavy atom. The zero-order valence-corrected chi connectivity index (χ0v) is 10.7. The maximum absolute atomic E-state index is 12.7. The third-order valence-corrected chi connectivity index (χ3v) is 3.04. The van der Waals surface area contributed by atoms with E-state index in [-0.39, 0.29) is 6.61 Å². The van der Waals surface area contributed by atoms with Crippen LogP contribution in [0.3, 0.4) is 0 Å². The third kappa shape index (κ3) is 2.59. The largest absolute Gasteiger partial charge is 0.416 e. The number of aliphatic hydroxyl groups excluding tert-OH is 1. The summed E-state index contributed by atoms with van der Waals surface area (Å²) in [7, 11) is 0. The van der Waals surface area contributed by atoms with E-state index in [1.807, 2.05) is 0 Å². The molecule has 0 aliphatic carbocycles. The van der Waals surface area contributed by atoms with E-state index >= 15 is 0 Å². The molecular weight excluding hydrogens is 283 g/mol. The quantitative estimate of drug-likeness (QED) is 0.790. The monoisotopic (exact) mass is 293 g/mol. The molecule has 0 bridgehead atoms. The normalized spacial score (nSPS) is 12.0. The van der Waals surface area contributed by atoms with Crippen LogP contribution in [0.25, 0.3) is 16.9 Å². The van der Waals surface area contributed by atoms with E-state index in [0.29, 0.717) is 22.6 Å². The van der Waals surface area contributed by atoms with E-state index in [0.717, 1.165) is 12.1 Å². The van der Waals surface area contributed by atoms with Gasteiger partial charge in [0.15, 0.2) is 5.65 Å². The van der Waals surface area contributed by atoms with Gasteiger partial charge in [0.05, 0.1) is 29.8 Å². The minimum absolute atomic E-state index is 0.208. The Morgan fingerprint density at radius 3 is 2.71 bits per heavy atom. The average Bonchev–Trinajstić information content (AvgIpc) is 2.88. The minimum Gasteiger partial charge on any atom is -0.390 e. The van der Waals surface area contributed by atoms with Crippen LogP contribution < -0.4 is 0 Å². The topological polar surface area (TPSA) is 50.4 Å². The van der Waals surface area contributed by atoms with Crippen molar-refractivity contribution >= 4 is 5.65 Å². The number of nitrogens with zero attached hydrogens (tertiary/aromatic N) is 3. The number of fused-ring (bicyclic) bond motifs is 1. The van der Waals surface area contributed by atoms with Crippen LogP contribution in [0.15, 0.2) is 42.9 Å². The molecule has 7 heteroatoms. The summed E-state index contributed by atoms with van der Waals surface area (Å²) in [5.41, 5.74) is 1.04. The Balaban J connectivity index is 2.07. The summed E-state index contributed by atoms with van der Waals surface area (Å²) in [6.45, 7) is -0.208. The van der Waals surface area contributed by atoms with Gasteiger partial charge in [-0.3, -0.25) is 4.98 Å². The van der Waals surface area contributed by atoms with E-state index in [4.69, 9.17) is 5.11 Å². The van der Waals surface area contributed by atoms with Gasteiger partial charge in [-0.25, -0.2) is 4.98 Å². The van der Waals surface area contributed by atoms with Crippen molar-refractivity contribution in [2.75, 3.05) is 0 Å². The van der Waals surface area contributed by atoms with Crippen molar-refractivity contribution < 1.29 is 18.3 Å². The Bertz CT molecular complexity index is 796. The number of rotatable bonds is 2. The molecular formula is C14H10F3N3O. The van der Waals surface area contributed by atoms with Crippen molar-refractivity contribution in [1.29, 1.82) is 0 Å². The highest BCUT2D eigenvalue weighted by molar-refractivity contribution is 5.61. The predicted octanol–water partition coefficient (Wildman–Crippen LogP) is 2.91. The molecule has 0 atom stereocenters. The van der Waals surface area contributed by atoms with E-state index < -0.39 is 11.7 Å². The molecule has 1 aromatic carbocycles. The Kier molecular flexibility index (Phi) is 3.13. The second kappa shape index (κ2) is 4.85. The number of aliphatic hydroxyl groups is 1. The van der Waals surface area contributed by atoms with Gasteiger partial charge >= 0.3 is 6.18 Å². The molecule has 21 heavy (non-hydrogen) atoms. The van der Waals surface area contributed by atoms with E-state index in [9.17, 15) is 13.2 Å². The lowest BCUT2D eigenvalue weighted by Gasteiger charge is -2.08. The molecule has 0 aliphatic heterocycles. The molecule has 0 unspecified atom stereocenters. The highest BCUT2D eigenvalue weighted by Crippen LogP contribution is 2.31. The summed E-state index contributed by atoms with van der Waals surface area (Å²) in [5.74, 6) is 0. The van der Waals surface area contributed by atoms with Crippen molar-refractivity contribution in [3.63, 3.8) is 0 Å². The van der Waals surface area contributed by atoms with Crippen molar-refractivity contribution in [2.45, 2.75) is 12.8 Å². The van der Waals surface area contributed by atoms with Crippen molar-refractivity contribution in [3.8, 4) is 11.3 Å². The lowest BCUT2D eigenvalue weighted by molar-refractivity contribution is -0.137. The first-order valence-electron chi connectivity index (χ1n) is 6.09. The standard InChI is InChI=1S/C14H10F3N3O/c15-14(16,17)10-3-1-2-9(4-10)12-7-20-6-11(8-21)19-13(20)5-18-12/h1-7,21H,8H2. The van der Waals surface area contributed by atoms with Gasteiger partial charge in [0.2, 0.25) is 0 Å². The molecule has 108 valence electrons. The van der Waals surface area contributed by atoms with E-state index in [1.54, 1.807) is 22.9 Å². The first kappa shape index (κ1) is 13.6. The van der Waals surface area contributed by atoms with Crippen LogP contribution in [0.5, 0.6) is 0 Å². The van der Waals surface area contributed by atoms with Crippen LogP contribution >= 0.6 is 0 Å². The SMILES string of the molecule is OCc1cn2cc(-c3cccc(C(F)(F)F)c3)ncc2n1. The van der Waals surface area contributed by atoms with E-state index in [1.165, 1.54) is 12.3 Å². The Hall–Kier alpha value is -2.41. The zero-order chi connectivity index (χ0) is 15.0. The molecule has 0 fully saturated rings. The predicted molar refractivity (Wildman–Crippen MR) is 69.3 cm³/mol. The summed E-state index contributed by atoms with van der Waals surface area (Å²) in [4.78, 5) is 8.21. The highest BCUT2D eigenvalue weighted by atomic mass is 19.4. The van der Waals surface area contributed by atoms with E-state index in [2.05, 4.69) is 9.97 Å². The fraction of sp³-hybridized carbons (Fsp3) is 0.143. The fourth-order valence-corrected chi connectivity index (χ4v) is 2.03. The number of halogens is 3. The average molecular weight is 293 g/mol. The number of hydrogen-bond donors (Lipinski definition) is 1. The van der Waals surface area contributed by atoms with Crippen LogP contribution in [0.2, 0.25) is 0 Å². The number of alkyl halides is 3. The van der Waals surface area contributed by atoms with Crippen molar-refractivity contribution in [2.24, 2.45) is 0 Å². The summed E-state index contributed by atoms with van der Waals surface area (Å²) < 4.78 is 39.8. The minimum atomic E-state index is -4.39. The molecule has 4 nitrogen and oxygen atoms in total. The number of hydrogen-bond acceptors (Lipinski definition) is 3. The molecule has 2 heterocycles. The van der Waals surface area contributed by atoms with Gasteiger partial charge in [0, 0.05) is 18.0 Å². The molecule has 0 radical (unpaired) electrons. The molecule has 0 saturated carbocycles. The molecule has 3 aromatic rings.